The van der Waals surface area contributed by atoms with Crippen molar-refractivity contribution in [1.29, 1.82) is 0 Å². The van der Waals surface area contributed by atoms with E-state index in [1.165, 1.54) is 11.1 Å². The van der Waals surface area contributed by atoms with Crippen molar-refractivity contribution in [3.63, 3.8) is 0 Å². The highest BCUT2D eigenvalue weighted by Crippen LogP contribution is 2.28. The zero-order valence-corrected chi connectivity index (χ0v) is 13.4. The van der Waals surface area contributed by atoms with Crippen LogP contribution < -0.4 is 5.32 Å². The zero-order valence-electron chi connectivity index (χ0n) is 11.8. The van der Waals surface area contributed by atoms with Crippen molar-refractivity contribution in [2.24, 2.45) is 0 Å². The maximum atomic E-state index is 6.39. The molecule has 2 aromatic rings. The minimum atomic E-state index is 0.283. The summed E-state index contributed by atoms with van der Waals surface area (Å²) in [6.07, 6.45) is 0.863. The van der Waals surface area contributed by atoms with E-state index in [-0.39, 0.29) is 6.04 Å². The Morgan fingerprint density at radius 3 is 2.68 bits per heavy atom. The second kappa shape index (κ2) is 6.07. The van der Waals surface area contributed by atoms with E-state index in [1.54, 1.807) is 11.3 Å². The standard InChI is InChI=1S/C14H20ClN3S/c1-5-18-13(14(15)10(3)17-18)6-12(16-4)11-8-19-7-9(11)2/h7-8,12,16H,5-6H2,1-4H3. The Morgan fingerprint density at radius 2 is 2.16 bits per heavy atom. The van der Waals surface area contributed by atoms with E-state index in [9.17, 15) is 0 Å². The molecule has 1 atom stereocenters. The van der Waals surface area contributed by atoms with Crippen molar-refractivity contribution in [2.45, 2.75) is 39.8 Å². The fourth-order valence-electron chi connectivity index (χ4n) is 2.35. The Bertz CT molecular complexity index is 559. The van der Waals surface area contributed by atoms with Gasteiger partial charge >= 0.3 is 0 Å². The zero-order chi connectivity index (χ0) is 14.0. The molecule has 0 bridgehead atoms. The van der Waals surface area contributed by atoms with Crippen molar-refractivity contribution in [3.05, 3.63) is 38.3 Å². The predicted octanol–water partition coefficient (Wildman–Crippen LogP) is 3.74. The lowest BCUT2D eigenvalue weighted by atomic mass is 10.0. The van der Waals surface area contributed by atoms with Crippen LogP contribution in [0.3, 0.4) is 0 Å². The molecule has 1 unspecified atom stereocenters. The van der Waals surface area contributed by atoms with E-state index < -0.39 is 0 Å². The molecule has 0 spiro atoms. The molecule has 0 amide bonds. The molecule has 0 aliphatic carbocycles. The maximum Gasteiger partial charge on any atom is 0.0847 e. The van der Waals surface area contributed by atoms with Gasteiger partial charge in [-0.05, 0) is 49.7 Å². The lowest BCUT2D eigenvalue weighted by Crippen LogP contribution is -2.21. The van der Waals surface area contributed by atoms with E-state index in [1.807, 2.05) is 18.7 Å². The average molecular weight is 298 g/mol. The molecule has 1 N–H and O–H groups in total. The third-order valence-electron chi connectivity index (χ3n) is 3.47. The van der Waals surface area contributed by atoms with E-state index in [0.717, 1.165) is 29.4 Å². The highest BCUT2D eigenvalue weighted by molar-refractivity contribution is 7.08. The van der Waals surface area contributed by atoms with Gasteiger partial charge in [0.1, 0.15) is 0 Å². The average Bonchev–Trinajstić information content (AvgIpc) is 2.93. The number of rotatable bonds is 5. The number of halogens is 1. The van der Waals surface area contributed by atoms with Crippen LogP contribution in [0.1, 0.15) is 35.5 Å². The Balaban J connectivity index is 2.31. The number of hydrogen-bond acceptors (Lipinski definition) is 3. The summed E-state index contributed by atoms with van der Waals surface area (Å²) in [7, 11) is 2.00. The smallest absolute Gasteiger partial charge is 0.0847 e. The van der Waals surface area contributed by atoms with E-state index in [2.05, 4.69) is 35.0 Å². The lowest BCUT2D eigenvalue weighted by molar-refractivity contribution is 0.540. The summed E-state index contributed by atoms with van der Waals surface area (Å²) in [6, 6.07) is 0.283. The molecule has 0 fully saturated rings. The molecule has 0 saturated heterocycles. The van der Waals surface area contributed by atoms with E-state index in [0.29, 0.717) is 0 Å². The van der Waals surface area contributed by atoms with Crippen molar-refractivity contribution >= 4 is 22.9 Å². The van der Waals surface area contributed by atoms with Gasteiger partial charge in [-0.2, -0.15) is 16.4 Å². The largest absolute Gasteiger partial charge is 0.313 e. The fraction of sp³-hybridized carbons (Fsp3) is 0.500. The number of nitrogens with one attached hydrogen (secondary N) is 1. The van der Waals surface area contributed by atoms with Crippen molar-refractivity contribution in [1.82, 2.24) is 15.1 Å². The van der Waals surface area contributed by atoms with E-state index >= 15 is 0 Å². The monoisotopic (exact) mass is 297 g/mol. The molecule has 0 saturated carbocycles. The summed E-state index contributed by atoms with van der Waals surface area (Å²) in [5, 5.41) is 13.1. The van der Waals surface area contributed by atoms with Crippen LogP contribution in [0.15, 0.2) is 10.8 Å². The molecule has 104 valence electrons. The number of likely N-dealkylation sites (N-methyl/N-ethyl adjacent to an activating group) is 1. The Labute approximate surface area is 123 Å². The van der Waals surface area contributed by atoms with Crippen LogP contribution in [0.25, 0.3) is 0 Å². The summed E-state index contributed by atoms with van der Waals surface area (Å²) < 4.78 is 2.00. The number of aromatic nitrogens is 2. The molecule has 3 nitrogen and oxygen atoms in total. The molecule has 0 aliphatic heterocycles. The minimum Gasteiger partial charge on any atom is -0.313 e. The first kappa shape index (κ1) is 14.6. The molecule has 2 aromatic heterocycles. The normalized spacial score (nSPS) is 12.9. The van der Waals surface area contributed by atoms with Crippen molar-refractivity contribution in [3.8, 4) is 0 Å². The summed E-state index contributed by atoms with van der Waals surface area (Å²) in [4.78, 5) is 0. The molecule has 2 rings (SSSR count). The van der Waals surface area contributed by atoms with Gasteiger partial charge in [0.25, 0.3) is 0 Å². The number of nitrogens with zero attached hydrogens (tertiary/aromatic N) is 2. The Hall–Kier alpha value is -0.840. The van der Waals surface area contributed by atoms with Crippen LogP contribution in [0.5, 0.6) is 0 Å². The predicted molar refractivity (Wildman–Crippen MR) is 82.2 cm³/mol. The Kier molecular flexibility index (Phi) is 4.66. The van der Waals surface area contributed by atoms with Crippen molar-refractivity contribution in [2.75, 3.05) is 7.05 Å². The Morgan fingerprint density at radius 1 is 1.42 bits per heavy atom. The van der Waals surface area contributed by atoms with Gasteiger partial charge in [-0.1, -0.05) is 11.6 Å². The van der Waals surface area contributed by atoms with Crippen LogP contribution in [-0.4, -0.2) is 16.8 Å². The van der Waals surface area contributed by atoms with Crippen LogP contribution in [0, 0.1) is 13.8 Å². The SMILES string of the molecule is CCn1nc(C)c(Cl)c1CC(NC)c1cscc1C. The molecular weight excluding hydrogens is 278 g/mol. The molecular formula is C14H20ClN3S. The van der Waals surface area contributed by atoms with Gasteiger partial charge in [-0.25, -0.2) is 0 Å². The van der Waals surface area contributed by atoms with E-state index in [4.69, 9.17) is 11.6 Å². The molecule has 19 heavy (non-hydrogen) atoms. The molecule has 0 aromatic carbocycles. The van der Waals surface area contributed by atoms with Gasteiger partial charge < -0.3 is 5.32 Å². The topological polar surface area (TPSA) is 29.9 Å². The third kappa shape index (κ3) is 2.86. The van der Waals surface area contributed by atoms with Crippen LogP contribution in [0.4, 0.5) is 0 Å². The summed E-state index contributed by atoms with van der Waals surface area (Å²) in [5.41, 5.74) is 4.71. The molecule has 2 heterocycles. The summed E-state index contributed by atoms with van der Waals surface area (Å²) in [5.74, 6) is 0. The van der Waals surface area contributed by atoms with Crippen LogP contribution >= 0.6 is 22.9 Å². The molecule has 0 radical (unpaired) electrons. The second-order valence-electron chi connectivity index (χ2n) is 4.72. The highest BCUT2D eigenvalue weighted by atomic mass is 35.5. The third-order valence-corrected chi connectivity index (χ3v) is 4.84. The number of thiophene rings is 1. The molecule has 0 aliphatic rings. The minimum absolute atomic E-state index is 0.283. The molecule has 5 heteroatoms. The van der Waals surface area contributed by atoms with Gasteiger partial charge in [-0.15, -0.1) is 0 Å². The number of aryl methyl sites for hydroxylation is 3. The fourth-order valence-corrected chi connectivity index (χ4v) is 3.47. The summed E-state index contributed by atoms with van der Waals surface area (Å²) >= 11 is 8.13. The van der Waals surface area contributed by atoms with Gasteiger partial charge in [0, 0.05) is 19.0 Å². The maximum absolute atomic E-state index is 6.39. The van der Waals surface area contributed by atoms with Crippen LogP contribution in [-0.2, 0) is 13.0 Å². The quantitative estimate of drug-likeness (QED) is 0.911. The first-order chi connectivity index (χ1) is 9.08. The van der Waals surface area contributed by atoms with Gasteiger partial charge in [0.15, 0.2) is 0 Å². The van der Waals surface area contributed by atoms with Gasteiger partial charge in [-0.3, -0.25) is 4.68 Å². The number of hydrogen-bond donors (Lipinski definition) is 1. The first-order valence-electron chi connectivity index (χ1n) is 6.50. The van der Waals surface area contributed by atoms with Gasteiger partial charge in [0.05, 0.1) is 16.4 Å². The highest BCUT2D eigenvalue weighted by Gasteiger charge is 2.19. The van der Waals surface area contributed by atoms with Crippen molar-refractivity contribution < 1.29 is 0 Å². The summed E-state index contributed by atoms with van der Waals surface area (Å²) in [6.45, 7) is 7.06. The van der Waals surface area contributed by atoms with Crippen LogP contribution in [0.2, 0.25) is 5.02 Å². The van der Waals surface area contributed by atoms with Gasteiger partial charge in [0.2, 0.25) is 0 Å². The first-order valence-corrected chi connectivity index (χ1v) is 7.82. The second-order valence-corrected chi connectivity index (χ2v) is 5.84. The lowest BCUT2D eigenvalue weighted by Gasteiger charge is -2.17.